The number of hydrazine groups is 1. The average molecular weight is 313 g/mol. The third-order valence-electron chi connectivity index (χ3n) is 4.74. The molecule has 0 saturated heterocycles. The van der Waals surface area contributed by atoms with E-state index in [1.54, 1.807) is 6.20 Å². The van der Waals surface area contributed by atoms with Gasteiger partial charge < -0.3 is 0 Å². The Morgan fingerprint density at radius 3 is 2.43 bits per heavy atom. The molecule has 1 aromatic heterocycles. The van der Waals surface area contributed by atoms with Gasteiger partial charge in [0, 0.05) is 6.04 Å². The molecule has 3 N–H and O–H groups in total. The largest absolute Gasteiger partial charge is 0.271 e. The highest BCUT2D eigenvalue weighted by molar-refractivity contribution is 6.31. The molecule has 1 unspecified atom stereocenters. The molecule has 1 atom stereocenters. The molecule has 2 rings (SSSR count). The summed E-state index contributed by atoms with van der Waals surface area (Å²) in [6.07, 6.45) is 7.89. The predicted molar refractivity (Wildman–Crippen MR) is 88.0 cm³/mol. The van der Waals surface area contributed by atoms with Gasteiger partial charge >= 0.3 is 0 Å². The fourth-order valence-corrected chi connectivity index (χ4v) is 4.32. The zero-order valence-electron chi connectivity index (χ0n) is 13.7. The van der Waals surface area contributed by atoms with Crippen molar-refractivity contribution in [3.63, 3.8) is 0 Å². The van der Waals surface area contributed by atoms with Crippen molar-refractivity contribution >= 4 is 11.6 Å². The number of hydrogen-bond donors (Lipinski definition) is 2. The molecule has 1 aromatic rings. The van der Waals surface area contributed by atoms with Crippen molar-refractivity contribution in [2.75, 3.05) is 0 Å². The lowest BCUT2D eigenvalue weighted by molar-refractivity contribution is 0.147. The molecule has 21 heavy (non-hydrogen) atoms. The van der Waals surface area contributed by atoms with Crippen LogP contribution in [0.4, 0.5) is 0 Å². The molecule has 0 radical (unpaired) electrons. The van der Waals surface area contributed by atoms with Gasteiger partial charge in [0.05, 0.1) is 23.0 Å². The Labute approximate surface area is 133 Å². The van der Waals surface area contributed by atoms with Gasteiger partial charge in [0.15, 0.2) is 0 Å². The molecule has 1 heterocycles. The Kier molecular flexibility index (Phi) is 5.33. The van der Waals surface area contributed by atoms with E-state index in [0.29, 0.717) is 5.92 Å². The van der Waals surface area contributed by atoms with Gasteiger partial charge in [0.25, 0.3) is 0 Å². The summed E-state index contributed by atoms with van der Waals surface area (Å²) in [7, 11) is 0. The second-order valence-electron chi connectivity index (χ2n) is 7.18. The summed E-state index contributed by atoms with van der Waals surface area (Å²) < 4.78 is 2.02. The smallest absolute Gasteiger partial charge is 0.0835 e. The molecule has 4 nitrogen and oxygen atoms in total. The zero-order chi connectivity index (χ0) is 15.6. The topological polar surface area (TPSA) is 55.9 Å². The summed E-state index contributed by atoms with van der Waals surface area (Å²) in [5.74, 6) is 6.64. The first-order chi connectivity index (χ1) is 9.91. The second kappa shape index (κ2) is 6.67. The molecule has 0 amide bonds. The number of nitrogens with zero attached hydrogens (tertiary/aromatic N) is 2. The van der Waals surface area contributed by atoms with E-state index in [1.165, 1.54) is 32.1 Å². The zero-order valence-corrected chi connectivity index (χ0v) is 14.5. The number of nitrogens with two attached hydrogens (primary N) is 1. The van der Waals surface area contributed by atoms with Crippen LogP contribution in [0, 0.1) is 11.3 Å². The van der Waals surface area contributed by atoms with Gasteiger partial charge in [0.2, 0.25) is 0 Å². The monoisotopic (exact) mass is 312 g/mol. The van der Waals surface area contributed by atoms with Crippen LogP contribution in [0.1, 0.15) is 77.6 Å². The van der Waals surface area contributed by atoms with Crippen LogP contribution < -0.4 is 11.3 Å². The summed E-state index contributed by atoms with van der Waals surface area (Å²) in [4.78, 5) is 0. The maximum absolute atomic E-state index is 6.46. The van der Waals surface area contributed by atoms with Crippen LogP contribution >= 0.6 is 11.6 Å². The maximum atomic E-state index is 6.46. The molecule has 5 heteroatoms. The molecule has 1 fully saturated rings. The molecule has 1 aliphatic rings. The number of rotatable bonds is 6. The fourth-order valence-electron chi connectivity index (χ4n) is 4.08. The third-order valence-corrected chi connectivity index (χ3v) is 5.03. The van der Waals surface area contributed by atoms with Crippen molar-refractivity contribution in [2.24, 2.45) is 17.2 Å². The average Bonchev–Trinajstić information content (AvgIpc) is 2.99. The van der Waals surface area contributed by atoms with Crippen molar-refractivity contribution in [1.29, 1.82) is 0 Å². The number of nitrogens with one attached hydrogen (secondary N) is 1. The van der Waals surface area contributed by atoms with Crippen LogP contribution in [0.15, 0.2) is 6.20 Å². The highest BCUT2D eigenvalue weighted by Crippen LogP contribution is 2.52. The summed E-state index contributed by atoms with van der Waals surface area (Å²) in [6.45, 7) is 8.83. The van der Waals surface area contributed by atoms with Gasteiger partial charge in [-0.1, -0.05) is 38.3 Å². The van der Waals surface area contributed by atoms with E-state index in [9.17, 15) is 0 Å². The Morgan fingerprint density at radius 2 is 1.95 bits per heavy atom. The van der Waals surface area contributed by atoms with Gasteiger partial charge in [-0.3, -0.25) is 16.0 Å². The van der Waals surface area contributed by atoms with E-state index < -0.39 is 0 Å². The van der Waals surface area contributed by atoms with Gasteiger partial charge in [-0.2, -0.15) is 5.10 Å². The van der Waals surface area contributed by atoms with Crippen LogP contribution in [-0.4, -0.2) is 9.78 Å². The standard InChI is InChI=1S/C16H29ClN4/c1-11(2)9-16(7-5-6-8-16)15(20-18)14-13(17)10-19-21(14)12(3)4/h10-12,15,20H,5-9,18H2,1-4H3. The van der Waals surface area contributed by atoms with Crippen LogP contribution in [0.3, 0.4) is 0 Å². The SMILES string of the molecule is CC(C)CC1(C(NN)c2c(Cl)cnn2C(C)C)CCCC1. The summed E-state index contributed by atoms with van der Waals surface area (Å²) in [5, 5.41) is 5.18. The summed E-state index contributed by atoms with van der Waals surface area (Å²) in [5.41, 5.74) is 4.33. The molecular weight excluding hydrogens is 284 g/mol. The molecule has 0 bridgehead atoms. The van der Waals surface area contributed by atoms with Crippen molar-refractivity contribution in [3.8, 4) is 0 Å². The normalized spacial score (nSPS) is 19.6. The summed E-state index contributed by atoms with van der Waals surface area (Å²) in [6, 6.07) is 0.348. The molecular formula is C16H29ClN4. The second-order valence-corrected chi connectivity index (χ2v) is 7.59. The van der Waals surface area contributed by atoms with E-state index in [1.807, 2.05) is 4.68 Å². The number of aromatic nitrogens is 2. The van der Waals surface area contributed by atoms with E-state index >= 15 is 0 Å². The van der Waals surface area contributed by atoms with Gasteiger partial charge in [-0.05, 0) is 44.4 Å². The summed E-state index contributed by atoms with van der Waals surface area (Å²) >= 11 is 6.46. The third kappa shape index (κ3) is 3.27. The Morgan fingerprint density at radius 1 is 1.33 bits per heavy atom. The Bertz CT molecular complexity index is 461. The Balaban J connectivity index is 2.44. The molecule has 1 saturated carbocycles. The van der Waals surface area contributed by atoms with Gasteiger partial charge in [0.1, 0.15) is 0 Å². The molecule has 0 spiro atoms. The fraction of sp³-hybridized carbons (Fsp3) is 0.812. The lowest BCUT2D eigenvalue weighted by Gasteiger charge is -2.39. The minimum atomic E-state index is 0.0693. The quantitative estimate of drug-likeness (QED) is 0.610. The van der Waals surface area contributed by atoms with E-state index in [-0.39, 0.29) is 17.5 Å². The van der Waals surface area contributed by atoms with Crippen molar-refractivity contribution in [2.45, 2.75) is 71.9 Å². The predicted octanol–water partition coefficient (Wildman–Crippen LogP) is 4.23. The van der Waals surface area contributed by atoms with E-state index in [4.69, 9.17) is 17.4 Å². The molecule has 0 aliphatic heterocycles. The molecule has 0 aromatic carbocycles. The minimum absolute atomic E-state index is 0.0693. The molecule has 120 valence electrons. The van der Waals surface area contributed by atoms with E-state index in [0.717, 1.165) is 10.7 Å². The van der Waals surface area contributed by atoms with Gasteiger partial charge in [-0.15, -0.1) is 0 Å². The molecule has 1 aliphatic carbocycles. The van der Waals surface area contributed by atoms with Crippen LogP contribution in [0.2, 0.25) is 5.02 Å². The van der Waals surface area contributed by atoms with Crippen LogP contribution in [0.5, 0.6) is 0 Å². The number of halogens is 1. The highest BCUT2D eigenvalue weighted by atomic mass is 35.5. The lowest BCUT2D eigenvalue weighted by Crippen LogP contribution is -2.42. The Hall–Kier alpha value is -0.580. The maximum Gasteiger partial charge on any atom is 0.0835 e. The highest BCUT2D eigenvalue weighted by Gasteiger charge is 2.44. The van der Waals surface area contributed by atoms with Crippen molar-refractivity contribution in [1.82, 2.24) is 15.2 Å². The first-order valence-corrected chi connectivity index (χ1v) is 8.48. The lowest BCUT2D eigenvalue weighted by atomic mass is 9.71. The van der Waals surface area contributed by atoms with E-state index in [2.05, 4.69) is 38.2 Å². The van der Waals surface area contributed by atoms with Crippen molar-refractivity contribution < 1.29 is 0 Å². The first-order valence-electron chi connectivity index (χ1n) is 8.10. The first kappa shape index (κ1) is 16.8. The van der Waals surface area contributed by atoms with Crippen molar-refractivity contribution in [3.05, 3.63) is 16.9 Å². The van der Waals surface area contributed by atoms with Crippen LogP contribution in [-0.2, 0) is 0 Å². The number of hydrogen-bond acceptors (Lipinski definition) is 3. The van der Waals surface area contributed by atoms with Crippen LogP contribution in [0.25, 0.3) is 0 Å². The minimum Gasteiger partial charge on any atom is -0.271 e. The van der Waals surface area contributed by atoms with Gasteiger partial charge in [-0.25, -0.2) is 0 Å².